The number of nitrogens with one attached hydrogen (secondary N) is 1. The summed E-state index contributed by atoms with van der Waals surface area (Å²) in [6.07, 6.45) is 0.845. The van der Waals surface area contributed by atoms with Gasteiger partial charge in [0.05, 0.1) is 4.99 Å². The van der Waals surface area contributed by atoms with E-state index in [1.54, 1.807) is 0 Å². The van der Waals surface area contributed by atoms with Crippen LogP contribution in [0.25, 0.3) is 0 Å². The van der Waals surface area contributed by atoms with Crippen molar-refractivity contribution in [3.8, 4) is 0 Å². The molecule has 0 atom stereocenters. The fourth-order valence-electron chi connectivity index (χ4n) is 2.31. The third kappa shape index (κ3) is 3.36. The van der Waals surface area contributed by atoms with Gasteiger partial charge in [-0.1, -0.05) is 18.3 Å². The Hall–Kier alpha value is -1.60. The van der Waals surface area contributed by atoms with E-state index in [1.807, 2.05) is 0 Å². The average Bonchev–Trinajstić information content (AvgIpc) is 2.48. The molecule has 3 N–H and O–H groups in total. The first kappa shape index (κ1) is 15.8. The van der Waals surface area contributed by atoms with Crippen LogP contribution in [-0.4, -0.2) is 24.1 Å². The van der Waals surface area contributed by atoms with E-state index < -0.39 is 17.0 Å². The molecule has 0 bridgehead atoms. The zero-order valence-electron chi connectivity index (χ0n) is 11.3. The predicted octanol–water partition coefficient (Wildman–Crippen LogP) is 1.66. The summed E-state index contributed by atoms with van der Waals surface area (Å²) in [5.74, 6) is -2.17. The van der Waals surface area contributed by atoms with Crippen LogP contribution < -0.4 is 11.1 Å². The van der Waals surface area contributed by atoms with E-state index in [0.717, 1.165) is 12.1 Å². The monoisotopic (exact) mass is 314 g/mol. The Morgan fingerprint density at radius 1 is 1.33 bits per heavy atom. The first-order valence-electron chi connectivity index (χ1n) is 6.55. The smallest absolute Gasteiger partial charge is 0.233 e. The van der Waals surface area contributed by atoms with Crippen LogP contribution in [0.5, 0.6) is 0 Å². The number of hydrogen-bond donors (Lipinski definition) is 2. The van der Waals surface area contributed by atoms with Gasteiger partial charge in [-0.2, -0.15) is 0 Å². The van der Waals surface area contributed by atoms with Gasteiger partial charge in [0.1, 0.15) is 5.41 Å². The molecule has 0 radical (unpaired) electrons. The Morgan fingerprint density at radius 2 is 2.00 bits per heavy atom. The molecule has 1 aromatic rings. The molecule has 0 saturated carbocycles. The number of thiocarbonyl (C=S) groups is 1. The third-order valence-corrected chi connectivity index (χ3v) is 4.08. The van der Waals surface area contributed by atoms with Crippen molar-refractivity contribution in [1.29, 1.82) is 0 Å². The summed E-state index contributed by atoms with van der Waals surface area (Å²) in [5, 5.41) is 2.69. The molecule has 2 rings (SSSR count). The van der Waals surface area contributed by atoms with Crippen molar-refractivity contribution in [2.45, 2.75) is 19.4 Å². The van der Waals surface area contributed by atoms with Crippen molar-refractivity contribution in [2.24, 2.45) is 11.1 Å². The van der Waals surface area contributed by atoms with Crippen LogP contribution in [0.2, 0.25) is 0 Å². The number of nitrogens with two attached hydrogens (primary N) is 1. The quantitative estimate of drug-likeness (QED) is 0.830. The van der Waals surface area contributed by atoms with Crippen molar-refractivity contribution in [1.82, 2.24) is 5.32 Å². The topological polar surface area (TPSA) is 64.4 Å². The molecule has 1 fully saturated rings. The minimum absolute atomic E-state index is 0.0846. The number of halogens is 2. The van der Waals surface area contributed by atoms with Crippen LogP contribution in [0, 0.1) is 17.0 Å². The number of carbonyl (C=O) groups is 1. The zero-order valence-corrected chi connectivity index (χ0v) is 12.1. The molecular formula is C14H16F2N2O2S. The summed E-state index contributed by atoms with van der Waals surface area (Å²) < 4.78 is 31.2. The summed E-state index contributed by atoms with van der Waals surface area (Å²) in [6, 6.07) is 3.48. The van der Waals surface area contributed by atoms with Gasteiger partial charge in [-0.05, 0) is 30.5 Å². The van der Waals surface area contributed by atoms with E-state index in [1.165, 1.54) is 6.07 Å². The van der Waals surface area contributed by atoms with Crippen molar-refractivity contribution >= 4 is 23.1 Å². The third-order valence-electron chi connectivity index (χ3n) is 3.69. The largest absolute Gasteiger partial charge is 0.392 e. The number of carbonyl (C=O) groups excluding carboxylic acids is 1. The lowest BCUT2D eigenvalue weighted by molar-refractivity contribution is -0.131. The first-order valence-corrected chi connectivity index (χ1v) is 6.96. The maximum absolute atomic E-state index is 13.1. The van der Waals surface area contributed by atoms with Gasteiger partial charge in [-0.25, -0.2) is 8.78 Å². The van der Waals surface area contributed by atoms with E-state index in [-0.39, 0.29) is 17.4 Å². The zero-order chi connectivity index (χ0) is 15.5. The number of ether oxygens (including phenoxy) is 1. The molecule has 1 aliphatic rings. The fourth-order valence-corrected chi connectivity index (χ4v) is 2.60. The van der Waals surface area contributed by atoms with Gasteiger partial charge in [0.25, 0.3) is 0 Å². The summed E-state index contributed by atoms with van der Waals surface area (Å²) in [5.41, 5.74) is 5.26. The summed E-state index contributed by atoms with van der Waals surface area (Å²) in [6.45, 7) is 0.910. The van der Waals surface area contributed by atoms with Crippen molar-refractivity contribution in [3.63, 3.8) is 0 Å². The van der Waals surface area contributed by atoms with Gasteiger partial charge in [-0.3, -0.25) is 4.79 Å². The van der Waals surface area contributed by atoms with Gasteiger partial charge in [-0.15, -0.1) is 0 Å². The molecule has 114 valence electrons. The molecule has 1 heterocycles. The molecule has 1 saturated heterocycles. The molecule has 21 heavy (non-hydrogen) atoms. The van der Waals surface area contributed by atoms with Crippen molar-refractivity contribution in [2.75, 3.05) is 13.2 Å². The van der Waals surface area contributed by atoms with Crippen molar-refractivity contribution < 1.29 is 18.3 Å². The molecule has 0 unspecified atom stereocenters. The highest BCUT2D eigenvalue weighted by atomic mass is 32.1. The maximum Gasteiger partial charge on any atom is 0.233 e. The summed E-state index contributed by atoms with van der Waals surface area (Å²) >= 11 is 5.02. The van der Waals surface area contributed by atoms with Crippen LogP contribution in [0.3, 0.4) is 0 Å². The highest BCUT2D eigenvalue weighted by molar-refractivity contribution is 7.80. The number of hydrogen-bond acceptors (Lipinski definition) is 3. The second kappa shape index (κ2) is 6.44. The summed E-state index contributed by atoms with van der Waals surface area (Å²) in [7, 11) is 0. The van der Waals surface area contributed by atoms with Crippen LogP contribution >= 0.6 is 12.2 Å². The Morgan fingerprint density at radius 3 is 2.57 bits per heavy atom. The van der Waals surface area contributed by atoms with E-state index in [2.05, 4.69) is 5.32 Å². The van der Waals surface area contributed by atoms with E-state index >= 15 is 0 Å². The molecule has 7 heteroatoms. The van der Waals surface area contributed by atoms with Crippen LogP contribution in [0.15, 0.2) is 18.2 Å². The molecule has 4 nitrogen and oxygen atoms in total. The Bertz CT molecular complexity index is 560. The molecule has 1 amide bonds. The lowest BCUT2D eigenvalue weighted by Crippen LogP contribution is -2.51. The number of rotatable bonds is 4. The van der Waals surface area contributed by atoms with Crippen molar-refractivity contribution in [3.05, 3.63) is 35.4 Å². The number of benzene rings is 1. The van der Waals surface area contributed by atoms with Crippen LogP contribution in [0.1, 0.15) is 18.4 Å². The van der Waals surface area contributed by atoms with Gasteiger partial charge in [0.2, 0.25) is 5.91 Å². The highest BCUT2D eigenvalue weighted by Gasteiger charge is 2.42. The SMILES string of the molecule is NC(=S)C1(C(=O)NCc2ccc(F)c(F)c2)CCOCC1. The molecule has 1 aromatic carbocycles. The second-order valence-corrected chi connectivity index (χ2v) is 5.43. The van der Waals surface area contributed by atoms with E-state index in [4.69, 9.17) is 22.7 Å². The Balaban J connectivity index is 2.05. The predicted molar refractivity (Wildman–Crippen MR) is 77.5 cm³/mol. The van der Waals surface area contributed by atoms with Gasteiger partial charge >= 0.3 is 0 Å². The molecule has 0 spiro atoms. The standard InChI is InChI=1S/C14H16F2N2O2S/c15-10-2-1-9(7-11(10)16)8-18-13(19)14(12(17)21)3-5-20-6-4-14/h1-2,7H,3-6,8H2,(H2,17,21)(H,18,19). The first-order chi connectivity index (χ1) is 9.95. The molecule has 1 aliphatic heterocycles. The van der Waals surface area contributed by atoms with Crippen LogP contribution in [0.4, 0.5) is 8.78 Å². The minimum atomic E-state index is -0.947. The van der Waals surface area contributed by atoms with E-state index in [9.17, 15) is 13.6 Å². The highest BCUT2D eigenvalue weighted by Crippen LogP contribution is 2.31. The maximum atomic E-state index is 13.1. The van der Waals surface area contributed by atoms with E-state index in [0.29, 0.717) is 31.6 Å². The second-order valence-electron chi connectivity index (χ2n) is 4.99. The lowest BCUT2D eigenvalue weighted by Gasteiger charge is -2.34. The molecular weight excluding hydrogens is 298 g/mol. The molecule has 0 aliphatic carbocycles. The van der Waals surface area contributed by atoms with Gasteiger partial charge in [0, 0.05) is 19.8 Å². The Kier molecular flexibility index (Phi) is 4.84. The van der Waals surface area contributed by atoms with Gasteiger partial charge < -0.3 is 15.8 Å². The minimum Gasteiger partial charge on any atom is -0.392 e. The van der Waals surface area contributed by atoms with Crippen LogP contribution in [-0.2, 0) is 16.1 Å². The Labute approximate surface area is 126 Å². The number of amides is 1. The van der Waals surface area contributed by atoms with Gasteiger partial charge in [0.15, 0.2) is 11.6 Å². The summed E-state index contributed by atoms with van der Waals surface area (Å²) in [4.78, 5) is 12.5. The lowest BCUT2D eigenvalue weighted by atomic mass is 9.79. The normalized spacial score (nSPS) is 17.2. The average molecular weight is 314 g/mol. The molecule has 0 aromatic heterocycles. The fraction of sp³-hybridized carbons (Fsp3) is 0.429.